The Hall–Kier alpha value is -1.15. The predicted octanol–water partition coefficient (Wildman–Crippen LogP) is 2.44. The van der Waals surface area contributed by atoms with Crippen molar-refractivity contribution in [3.63, 3.8) is 0 Å². The number of hydrogen-bond donors (Lipinski definition) is 0. The fourth-order valence-corrected chi connectivity index (χ4v) is 2.48. The molecule has 0 amide bonds. The monoisotopic (exact) mass is 202 g/mol. The van der Waals surface area contributed by atoms with Crippen LogP contribution in [0.5, 0.6) is 0 Å². The maximum Gasteiger partial charge on any atom is 0.166 e. The van der Waals surface area contributed by atoms with Gasteiger partial charge < -0.3 is 4.74 Å². The lowest BCUT2D eigenvalue weighted by atomic mass is 9.84. The van der Waals surface area contributed by atoms with Crippen molar-refractivity contribution in [1.29, 1.82) is 0 Å². The van der Waals surface area contributed by atoms with E-state index in [1.807, 2.05) is 30.3 Å². The summed E-state index contributed by atoms with van der Waals surface area (Å²) in [5.74, 6) is 0.487. The molecule has 0 N–H and O–H groups in total. The SMILES string of the molecule is O=C(c1ccccc1)C1CCC2OC2C1. The third-order valence-corrected chi connectivity index (χ3v) is 3.43. The Bertz CT molecular complexity index is 371. The van der Waals surface area contributed by atoms with E-state index in [0.717, 1.165) is 24.8 Å². The lowest BCUT2D eigenvalue weighted by Crippen LogP contribution is -2.21. The molecule has 1 heterocycles. The second kappa shape index (κ2) is 3.46. The summed E-state index contributed by atoms with van der Waals surface area (Å²) in [6.45, 7) is 0. The van der Waals surface area contributed by atoms with Gasteiger partial charge in [0.2, 0.25) is 0 Å². The Morgan fingerprint density at radius 2 is 1.93 bits per heavy atom. The zero-order chi connectivity index (χ0) is 10.3. The van der Waals surface area contributed by atoms with Crippen LogP contribution >= 0.6 is 0 Å². The van der Waals surface area contributed by atoms with Gasteiger partial charge in [-0.25, -0.2) is 0 Å². The van der Waals surface area contributed by atoms with Crippen LogP contribution in [0.25, 0.3) is 0 Å². The quantitative estimate of drug-likeness (QED) is 0.544. The third kappa shape index (κ3) is 1.70. The van der Waals surface area contributed by atoms with E-state index in [1.54, 1.807) is 0 Å². The maximum absolute atomic E-state index is 12.1. The molecule has 2 heteroatoms. The van der Waals surface area contributed by atoms with Crippen molar-refractivity contribution < 1.29 is 9.53 Å². The standard InChI is InChI=1S/C13H14O2/c14-13(9-4-2-1-3-5-9)10-6-7-11-12(8-10)15-11/h1-5,10-12H,6-8H2. The molecular weight excluding hydrogens is 188 g/mol. The number of epoxide rings is 1. The average molecular weight is 202 g/mol. The first-order valence-corrected chi connectivity index (χ1v) is 5.59. The van der Waals surface area contributed by atoms with Crippen LogP contribution in [0.1, 0.15) is 29.6 Å². The summed E-state index contributed by atoms with van der Waals surface area (Å²) in [5, 5.41) is 0. The summed E-state index contributed by atoms with van der Waals surface area (Å²) < 4.78 is 5.44. The van der Waals surface area contributed by atoms with Crippen LogP contribution in [-0.4, -0.2) is 18.0 Å². The van der Waals surface area contributed by atoms with Crippen molar-refractivity contribution in [2.45, 2.75) is 31.5 Å². The summed E-state index contributed by atoms with van der Waals surface area (Å²) in [6, 6.07) is 9.60. The summed E-state index contributed by atoms with van der Waals surface area (Å²) in [6.07, 6.45) is 3.85. The molecule has 1 aliphatic heterocycles. The van der Waals surface area contributed by atoms with Crippen LogP contribution in [0.4, 0.5) is 0 Å². The molecule has 0 aromatic heterocycles. The van der Waals surface area contributed by atoms with E-state index in [0.29, 0.717) is 18.0 Å². The zero-order valence-corrected chi connectivity index (χ0v) is 8.56. The first kappa shape index (κ1) is 9.10. The van der Waals surface area contributed by atoms with Crippen molar-refractivity contribution in [1.82, 2.24) is 0 Å². The molecule has 1 saturated heterocycles. The first-order chi connectivity index (χ1) is 7.34. The van der Waals surface area contributed by atoms with Gasteiger partial charge in [-0.2, -0.15) is 0 Å². The molecule has 2 fully saturated rings. The van der Waals surface area contributed by atoms with Gasteiger partial charge in [-0.1, -0.05) is 30.3 Å². The van der Waals surface area contributed by atoms with Gasteiger partial charge in [0.15, 0.2) is 5.78 Å². The molecule has 2 aliphatic rings. The largest absolute Gasteiger partial charge is 0.370 e. The molecule has 15 heavy (non-hydrogen) atoms. The van der Waals surface area contributed by atoms with Crippen molar-refractivity contribution >= 4 is 5.78 Å². The second-order valence-electron chi connectivity index (χ2n) is 4.45. The van der Waals surface area contributed by atoms with Crippen molar-refractivity contribution in [2.24, 2.45) is 5.92 Å². The van der Waals surface area contributed by atoms with E-state index in [2.05, 4.69) is 0 Å². The Morgan fingerprint density at radius 1 is 1.13 bits per heavy atom. The minimum Gasteiger partial charge on any atom is -0.370 e. The molecule has 3 unspecified atom stereocenters. The number of fused-ring (bicyclic) bond motifs is 1. The Labute approximate surface area is 89.2 Å². The van der Waals surface area contributed by atoms with Crippen LogP contribution in [-0.2, 0) is 4.74 Å². The Balaban J connectivity index is 1.74. The van der Waals surface area contributed by atoms with Gasteiger partial charge in [0.05, 0.1) is 12.2 Å². The van der Waals surface area contributed by atoms with E-state index in [-0.39, 0.29) is 5.92 Å². The van der Waals surface area contributed by atoms with Crippen LogP contribution in [0.2, 0.25) is 0 Å². The minimum atomic E-state index is 0.191. The van der Waals surface area contributed by atoms with E-state index < -0.39 is 0 Å². The van der Waals surface area contributed by atoms with Crippen LogP contribution in [0, 0.1) is 5.92 Å². The first-order valence-electron chi connectivity index (χ1n) is 5.59. The lowest BCUT2D eigenvalue weighted by molar-refractivity contribution is 0.0895. The average Bonchev–Trinajstić information content (AvgIpc) is 3.07. The minimum absolute atomic E-state index is 0.191. The summed E-state index contributed by atoms with van der Waals surface area (Å²) in [7, 11) is 0. The molecule has 1 aromatic rings. The molecule has 2 nitrogen and oxygen atoms in total. The van der Waals surface area contributed by atoms with Crippen LogP contribution in [0.15, 0.2) is 30.3 Å². The van der Waals surface area contributed by atoms with Gasteiger partial charge in [-0.15, -0.1) is 0 Å². The van der Waals surface area contributed by atoms with Crippen LogP contribution < -0.4 is 0 Å². The fourth-order valence-electron chi connectivity index (χ4n) is 2.48. The number of ketones is 1. The third-order valence-electron chi connectivity index (χ3n) is 3.43. The number of carbonyl (C=O) groups is 1. The topological polar surface area (TPSA) is 29.6 Å². The lowest BCUT2D eigenvalue weighted by Gasteiger charge is -2.17. The molecule has 0 radical (unpaired) electrons. The Kier molecular flexibility index (Phi) is 2.10. The van der Waals surface area contributed by atoms with Gasteiger partial charge in [0.1, 0.15) is 0 Å². The number of Topliss-reactive ketones (excluding diaryl/α,β-unsaturated/α-hetero) is 1. The molecule has 1 saturated carbocycles. The smallest absolute Gasteiger partial charge is 0.166 e. The van der Waals surface area contributed by atoms with Gasteiger partial charge in [0.25, 0.3) is 0 Å². The highest BCUT2D eigenvalue weighted by Crippen LogP contribution is 2.40. The van der Waals surface area contributed by atoms with Crippen molar-refractivity contribution in [3.8, 4) is 0 Å². The molecule has 3 rings (SSSR count). The number of carbonyl (C=O) groups excluding carboxylic acids is 1. The zero-order valence-electron chi connectivity index (χ0n) is 8.56. The highest BCUT2D eigenvalue weighted by atomic mass is 16.6. The van der Waals surface area contributed by atoms with E-state index in [9.17, 15) is 4.79 Å². The van der Waals surface area contributed by atoms with Gasteiger partial charge in [-0.3, -0.25) is 4.79 Å². The van der Waals surface area contributed by atoms with E-state index in [1.165, 1.54) is 0 Å². The summed E-state index contributed by atoms with van der Waals surface area (Å²) in [5.41, 5.74) is 0.849. The number of rotatable bonds is 2. The fraction of sp³-hybridized carbons (Fsp3) is 0.462. The molecule has 0 bridgehead atoms. The molecule has 78 valence electrons. The number of hydrogen-bond acceptors (Lipinski definition) is 2. The van der Waals surface area contributed by atoms with Crippen molar-refractivity contribution in [3.05, 3.63) is 35.9 Å². The van der Waals surface area contributed by atoms with Gasteiger partial charge >= 0.3 is 0 Å². The summed E-state index contributed by atoms with van der Waals surface area (Å²) in [4.78, 5) is 12.1. The van der Waals surface area contributed by atoms with Gasteiger partial charge in [0, 0.05) is 11.5 Å². The van der Waals surface area contributed by atoms with E-state index in [4.69, 9.17) is 4.74 Å². The van der Waals surface area contributed by atoms with E-state index >= 15 is 0 Å². The van der Waals surface area contributed by atoms with Crippen LogP contribution in [0.3, 0.4) is 0 Å². The molecule has 3 atom stereocenters. The number of benzene rings is 1. The molecule has 0 spiro atoms. The molecular formula is C13H14O2. The predicted molar refractivity (Wildman–Crippen MR) is 56.8 cm³/mol. The van der Waals surface area contributed by atoms with Crippen molar-refractivity contribution in [2.75, 3.05) is 0 Å². The maximum atomic E-state index is 12.1. The summed E-state index contributed by atoms with van der Waals surface area (Å²) >= 11 is 0. The molecule has 1 aromatic carbocycles. The number of ether oxygens (including phenoxy) is 1. The highest BCUT2D eigenvalue weighted by Gasteiger charge is 2.45. The highest BCUT2D eigenvalue weighted by molar-refractivity contribution is 5.97. The Morgan fingerprint density at radius 3 is 2.67 bits per heavy atom. The normalized spacial score (nSPS) is 33.2. The molecule has 1 aliphatic carbocycles. The second-order valence-corrected chi connectivity index (χ2v) is 4.45. The van der Waals surface area contributed by atoms with Gasteiger partial charge in [-0.05, 0) is 19.3 Å².